The second kappa shape index (κ2) is 4.51. The number of oxazole rings is 1. The van der Waals surface area contributed by atoms with Crippen LogP contribution in [0.2, 0.25) is 5.02 Å². The molecule has 0 aliphatic heterocycles. The predicted octanol–water partition coefficient (Wildman–Crippen LogP) is 3.61. The minimum Gasteiger partial charge on any atom is -0.431 e. The molecule has 0 aliphatic carbocycles. The molecule has 2 heterocycles. The minimum absolute atomic E-state index is 0.496. The molecule has 90 valence electrons. The van der Waals surface area contributed by atoms with Crippen LogP contribution in [-0.2, 0) is 0 Å². The second-order valence-corrected chi connectivity index (χ2v) is 4.95. The van der Waals surface area contributed by atoms with Crippen LogP contribution < -0.4 is 5.73 Å². The van der Waals surface area contributed by atoms with Crippen LogP contribution in [0.3, 0.4) is 0 Å². The first-order valence-corrected chi connectivity index (χ1v) is 6.36. The van der Waals surface area contributed by atoms with Crippen molar-refractivity contribution in [2.45, 2.75) is 10.2 Å². The fraction of sp³-hybridized carbons (Fsp3) is 0. The van der Waals surface area contributed by atoms with E-state index >= 15 is 0 Å². The first-order valence-electron chi connectivity index (χ1n) is 5.17. The summed E-state index contributed by atoms with van der Waals surface area (Å²) >= 11 is 7.31. The highest BCUT2D eigenvalue weighted by Crippen LogP contribution is 2.32. The maximum atomic E-state index is 6.03. The Morgan fingerprint density at radius 2 is 2.17 bits per heavy atom. The third-order valence-electron chi connectivity index (χ3n) is 2.30. The van der Waals surface area contributed by atoms with Gasteiger partial charge in [0, 0.05) is 11.9 Å². The molecule has 0 aliphatic rings. The van der Waals surface area contributed by atoms with Crippen molar-refractivity contribution in [1.29, 1.82) is 0 Å². The zero-order valence-corrected chi connectivity index (χ0v) is 10.7. The quantitative estimate of drug-likeness (QED) is 0.725. The lowest BCUT2D eigenvalue weighted by Crippen LogP contribution is -1.82. The molecule has 0 fully saturated rings. The fourth-order valence-electron chi connectivity index (χ4n) is 1.50. The van der Waals surface area contributed by atoms with Gasteiger partial charge in [-0.1, -0.05) is 11.6 Å². The molecule has 3 rings (SSSR count). The summed E-state index contributed by atoms with van der Waals surface area (Å²) in [5.41, 5.74) is 7.76. The Balaban J connectivity index is 1.98. The van der Waals surface area contributed by atoms with E-state index in [4.69, 9.17) is 21.8 Å². The van der Waals surface area contributed by atoms with Gasteiger partial charge in [-0.3, -0.25) is 0 Å². The first kappa shape index (κ1) is 11.4. The number of pyridine rings is 1. The third kappa shape index (κ3) is 2.14. The van der Waals surface area contributed by atoms with Gasteiger partial charge in [0.15, 0.2) is 5.58 Å². The first-order chi connectivity index (χ1) is 8.72. The van der Waals surface area contributed by atoms with E-state index in [1.54, 1.807) is 36.5 Å². The normalized spacial score (nSPS) is 10.9. The maximum absolute atomic E-state index is 6.03. The summed E-state index contributed by atoms with van der Waals surface area (Å²) in [6.45, 7) is 0. The monoisotopic (exact) mass is 277 g/mol. The topological polar surface area (TPSA) is 64.9 Å². The van der Waals surface area contributed by atoms with E-state index in [0.717, 1.165) is 5.52 Å². The van der Waals surface area contributed by atoms with Crippen molar-refractivity contribution >= 4 is 40.1 Å². The van der Waals surface area contributed by atoms with Gasteiger partial charge in [0.25, 0.3) is 5.22 Å². The van der Waals surface area contributed by atoms with Crippen molar-refractivity contribution in [3.8, 4) is 0 Å². The molecular weight excluding hydrogens is 270 g/mol. The Kier molecular flexibility index (Phi) is 2.85. The van der Waals surface area contributed by atoms with Crippen molar-refractivity contribution in [2.75, 3.05) is 5.73 Å². The summed E-state index contributed by atoms with van der Waals surface area (Å²) in [6, 6.07) is 8.89. The van der Waals surface area contributed by atoms with Crippen LogP contribution in [0.1, 0.15) is 0 Å². The van der Waals surface area contributed by atoms with Crippen molar-refractivity contribution in [3.63, 3.8) is 0 Å². The van der Waals surface area contributed by atoms with E-state index in [1.165, 1.54) is 11.8 Å². The van der Waals surface area contributed by atoms with E-state index in [9.17, 15) is 0 Å². The average molecular weight is 278 g/mol. The summed E-state index contributed by atoms with van der Waals surface area (Å²) in [5, 5.41) is 1.74. The highest BCUT2D eigenvalue weighted by atomic mass is 35.5. The molecule has 0 unspecified atom stereocenters. The van der Waals surface area contributed by atoms with E-state index in [1.807, 2.05) is 0 Å². The van der Waals surface area contributed by atoms with Gasteiger partial charge in [-0.05, 0) is 42.1 Å². The molecule has 3 aromatic rings. The molecule has 18 heavy (non-hydrogen) atoms. The number of rotatable bonds is 2. The molecule has 0 spiro atoms. The van der Waals surface area contributed by atoms with E-state index in [-0.39, 0.29) is 0 Å². The standard InChI is InChI=1S/C12H8ClN3OS/c13-8-2-1-5-15-11(8)18-12-16-9-6-7(14)3-4-10(9)17-12/h1-6H,14H2. The molecule has 4 nitrogen and oxygen atoms in total. The summed E-state index contributed by atoms with van der Waals surface area (Å²) in [5.74, 6) is 0. The van der Waals surface area contributed by atoms with Crippen molar-refractivity contribution in [1.82, 2.24) is 9.97 Å². The Morgan fingerprint density at radius 1 is 1.28 bits per heavy atom. The average Bonchev–Trinajstić information content (AvgIpc) is 2.73. The van der Waals surface area contributed by atoms with E-state index < -0.39 is 0 Å². The highest BCUT2D eigenvalue weighted by molar-refractivity contribution is 7.99. The number of benzene rings is 1. The number of hydrogen-bond donors (Lipinski definition) is 1. The van der Waals surface area contributed by atoms with Gasteiger partial charge >= 0.3 is 0 Å². The number of hydrogen-bond acceptors (Lipinski definition) is 5. The number of halogens is 1. The number of nitrogens with zero attached hydrogens (tertiary/aromatic N) is 2. The Bertz CT molecular complexity index is 713. The number of nitrogens with two attached hydrogens (primary N) is 1. The van der Waals surface area contributed by atoms with Gasteiger partial charge in [-0.15, -0.1) is 0 Å². The molecule has 0 bridgehead atoms. The van der Waals surface area contributed by atoms with Crippen molar-refractivity contribution in [3.05, 3.63) is 41.6 Å². The van der Waals surface area contributed by atoms with E-state index in [2.05, 4.69) is 9.97 Å². The number of anilines is 1. The van der Waals surface area contributed by atoms with Gasteiger partial charge in [0.05, 0.1) is 5.02 Å². The largest absolute Gasteiger partial charge is 0.431 e. The SMILES string of the molecule is Nc1ccc2oc(Sc3ncccc3Cl)nc2c1. The molecule has 0 radical (unpaired) electrons. The Labute approximate surface area is 112 Å². The number of fused-ring (bicyclic) bond motifs is 1. The molecule has 1 aromatic carbocycles. The second-order valence-electron chi connectivity index (χ2n) is 3.60. The summed E-state index contributed by atoms with van der Waals surface area (Å²) in [4.78, 5) is 8.50. The zero-order chi connectivity index (χ0) is 12.5. The fourth-order valence-corrected chi connectivity index (χ4v) is 2.45. The Morgan fingerprint density at radius 3 is 3.00 bits per heavy atom. The van der Waals surface area contributed by atoms with Crippen LogP contribution in [0.4, 0.5) is 5.69 Å². The van der Waals surface area contributed by atoms with Gasteiger partial charge < -0.3 is 10.2 Å². The number of aromatic nitrogens is 2. The highest BCUT2D eigenvalue weighted by Gasteiger charge is 2.10. The van der Waals surface area contributed by atoms with Gasteiger partial charge in [0.2, 0.25) is 0 Å². The molecule has 2 aromatic heterocycles. The number of nitrogen functional groups attached to an aromatic ring is 1. The Hall–Kier alpha value is -1.72. The smallest absolute Gasteiger partial charge is 0.263 e. The molecule has 0 saturated carbocycles. The lowest BCUT2D eigenvalue weighted by molar-refractivity contribution is 0.489. The molecule has 0 saturated heterocycles. The van der Waals surface area contributed by atoms with Crippen LogP contribution in [0, 0.1) is 0 Å². The van der Waals surface area contributed by atoms with Crippen molar-refractivity contribution in [2.24, 2.45) is 0 Å². The molecule has 2 N–H and O–H groups in total. The predicted molar refractivity (Wildman–Crippen MR) is 71.8 cm³/mol. The summed E-state index contributed by atoms with van der Waals surface area (Å²) in [6.07, 6.45) is 1.68. The lowest BCUT2D eigenvalue weighted by Gasteiger charge is -1.97. The van der Waals surface area contributed by atoms with Crippen LogP contribution in [0.25, 0.3) is 11.1 Å². The van der Waals surface area contributed by atoms with Crippen LogP contribution in [0.15, 0.2) is 51.2 Å². The van der Waals surface area contributed by atoms with Gasteiger partial charge in [-0.2, -0.15) is 0 Å². The molecule has 0 atom stereocenters. The molecule has 0 amide bonds. The molecule has 6 heteroatoms. The summed E-state index contributed by atoms with van der Waals surface area (Å²) in [7, 11) is 0. The third-order valence-corrected chi connectivity index (χ3v) is 3.59. The van der Waals surface area contributed by atoms with E-state index in [0.29, 0.717) is 26.5 Å². The van der Waals surface area contributed by atoms with Crippen molar-refractivity contribution < 1.29 is 4.42 Å². The molecular formula is C12H8ClN3OS. The van der Waals surface area contributed by atoms with Gasteiger partial charge in [0.1, 0.15) is 10.5 Å². The minimum atomic E-state index is 0.496. The van der Waals surface area contributed by atoms with Gasteiger partial charge in [-0.25, -0.2) is 9.97 Å². The zero-order valence-electron chi connectivity index (χ0n) is 9.13. The summed E-state index contributed by atoms with van der Waals surface area (Å²) < 4.78 is 5.58. The maximum Gasteiger partial charge on any atom is 0.263 e. The van der Waals surface area contributed by atoms with Crippen LogP contribution in [0.5, 0.6) is 0 Å². The van der Waals surface area contributed by atoms with Crippen LogP contribution in [-0.4, -0.2) is 9.97 Å². The van der Waals surface area contributed by atoms with Crippen LogP contribution >= 0.6 is 23.4 Å². The lowest BCUT2D eigenvalue weighted by atomic mass is 10.3.